The fourth-order valence-corrected chi connectivity index (χ4v) is 2.93. The highest BCUT2D eigenvalue weighted by atomic mass is 32.2. The van der Waals surface area contributed by atoms with Gasteiger partial charge in [0.05, 0.1) is 11.4 Å². The quantitative estimate of drug-likeness (QED) is 0.631. The van der Waals surface area contributed by atoms with Crippen LogP contribution >= 0.6 is 11.8 Å². The zero-order chi connectivity index (χ0) is 19.2. The predicted molar refractivity (Wildman–Crippen MR) is 99.2 cm³/mol. The minimum absolute atomic E-state index is 0.0556. The molecule has 8 nitrogen and oxygen atoms in total. The Bertz CT molecular complexity index is 977. The first-order valence-corrected chi connectivity index (χ1v) is 8.84. The molecule has 2 N–H and O–H groups in total. The van der Waals surface area contributed by atoms with Gasteiger partial charge < -0.3 is 10.6 Å². The Balaban J connectivity index is 1.62. The predicted octanol–water partition coefficient (Wildman–Crippen LogP) is 2.49. The van der Waals surface area contributed by atoms with Crippen molar-refractivity contribution in [3.63, 3.8) is 0 Å². The average molecular weight is 386 g/mol. The molecule has 0 aliphatic carbocycles. The highest BCUT2D eigenvalue weighted by Crippen LogP contribution is 2.20. The van der Waals surface area contributed by atoms with E-state index in [4.69, 9.17) is 0 Å². The second-order valence-corrected chi connectivity index (χ2v) is 6.39. The van der Waals surface area contributed by atoms with E-state index in [1.54, 1.807) is 36.4 Å². The van der Waals surface area contributed by atoms with Crippen LogP contribution in [0.5, 0.6) is 0 Å². The zero-order valence-electron chi connectivity index (χ0n) is 14.2. The van der Waals surface area contributed by atoms with Gasteiger partial charge in [-0.2, -0.15) is 4.68 Å². The molecule has 0 spiro atoms. The number of benzene rings is 2. The number of nitrogens with zero attached hydrogens (tertiary/aromatic N) is 4. The maximum absolute atomic E-state index is 13.4. The number of nitrogens with one attached hydrogen (secondary N) is 2. The van der Waals surface area contributed by atoms with E-state index in [9.17, 15) is 14.0 Å². The fraction of sp³-hybridized carbons (Fsp3) is 0.118. The molecule has 0 saturated carbocycles. The number of halogens is 1. The van der Waals surface area contributed by atoms with Gasteiger partial charge in [0.15, 0.2) is 0 Å². The Hall–Kier alpha value is -3.27. The largest absolute Gasteiger partial charge is 0.326 e. The molecule has 10 heteroatoms. The van der Waals surface area contributed by atoms with Crippen LogP contribution in [-0.2, 0) is 9.59 Å². The number of carbonyl (C=O) groups excluding carboxylic acids is 2. The van der Waals surface area contributed by atoms with Crippen LogP contribution in [0.25, 0.3) is 5.69 Å². The summed E-state index contributed by atoms with van der Waals surface area (Å²) in [6, 6.07) is 12.6. The van der Waals surface area contributed by atoms with E-state index < -0.39 is 5.82 Å². The maximum Gasteiger partial charge on any atom is 0.234 e. The van der Waals surface area contributed by atoms with Crippen molar-refractivity contribution < 1.29 is 14.0 Å². The monoisotopic (exact) mass is 386 g/mol. The van der Waals surface area contributed by atoms with Crippen molar-refractivity contribution in [3.05, 3.63) is 54.3 Å². The van der Waals surface area contributed by atoms with Crippen LogP contribution < -0.4 is 10.6 Å². The molecule has 0 atom stereocenters. The summed E-state index contributed by atoms with van der Waals surface area (Å²) in [7, 11) is 0. The van der Waals surface area contributed by atoms with Crippen molar-refractivity contribution in [3.8, 4) is 5.69 Å². The molecule has 3 aromatic rings. The molecule has 0 fully saturated rings. The van der Waals surface area contributed by atoms with Crippen LogP contribution in [0.2, 0.25) is 0 Å². The van der Waals surface area contributed by atoms with Gasteiger partial charge in [-0.25, -0.2) is 4.39 Å². The number of hydrogen-bond acceptors (Lipinski definition) is 6. The van der Waals surface area contributed by atoms with Gasteiger partial charge in [0, 0.05) is 18.3 Å². The van der Waals surface area contributed by atoms with Crippen LogP contribution in [0.1, 0.15) is 6.92 Å². The van der Waals surface area contributed by atoms with E-state index in [0.717, 1.165) is 11.8 Å². The first-order valence-electron chi connectivity index (χ1n) is 7.86. The molecule has 1 heterocycles. The average Bonchev–Trinajstić information content (AvgIpc) is 3.08. The SMILES string of the molecule is CC(=O)Nc1cccc(NC(=O)CSc2nnnn2-c2cccc(F)c2)c1. The van der Waals surface area contributed by atoms with Crippen molar-refractivity contribution in [2.45, 2.75) is 12.1 Å². The Morgan fingerprint density at radius 3 is 2.59 bits per heavy atom. The number of carbonyl (C=O) groups is 2. The van der Waals surface area contributed by atoms with E-state index in [0.29, 0.717) is 22.2 Å². The second kappa shape index (κ2) is 8.41. The third kappa shape index (κ3) is 5.11. The van der Waals surface area contributed by atoms with Gasteiger partial charge in [-0.1, -0.05) is 23.9 Å². The zero-order valence-corrected chi connectivity index (χ0v) is 15.0. The van der Waals surface area contributed by atoms with E-state index >= 15 is 0 Å². The molecule has 138 valence electrons. The Morgan fingerprint density at radius 2 is 1.85 bits per heavy atom. The molecule has 27 heavy (non-hydrogen) atoms. The number of rotatable bonds is 6. The van der Waals surface area contributed by atoms with Crippen LogP contribution in [0.4, 0.5) is 15.8 Å². The van der Waals surface area contributed by atoms with Crippen LogP contribution in [-0.4, -0.2) is 37.8 Å². The number of amides is 2. The van der Waals surface area contributed by atoms with Gasteiger partial charge in [0.2, 0.25) is 17.0 Å². The van der Waals surface area contributed by atoms with Gasteiger partial charge in [0.25, 0.3) is 0 Å². The van der Waals surface area contributed by atoms with Crippen LogP contribution in [0.3, 0.4) is 0 Å². The lowest BCUT2D eigenvalue weighted by molar-refractivity contribution is -0.114. The summed E-state index contributed by atoms with van der Waals surface area (Å²) in [4.78, 5) is 23.3. The molecule has 0 aliphatic rings. The normalized spacial score (nSPS) is 10.4. The van der Waals surface area contributed by atoms with Crippen molar-refractivity contribution in [1.82, 2.24) is 20.2 Å². The van der Waals surface area contributed by atoms with E-state index in [-0.39, 0.29) is 17.6 Å². The molecule has 1 aromatic heterocycles. The number of hydrogen-bond donors (Lipinski definition) is 2. The van der Waals surface area contributed by atoms with Crippen molar-refractivity contribution in [1.29, 1.82) is 0 Å². The Morgan fingerprint density at radius 1 is 1.11 bits per heavy atom. The number of anilines is 2. The summed E-state index contributed by atoms with van der Waals surface area (Å²) in [6.45, 7) is 1.41. The molecule has 0 radical (unpaired) electrons. The van der Waals surface area contributed by atoms with E-state index in [1.165, 1.54) is 23.7 Å². The molecule has 0 unspecified atom stereocenters. The Kier molecular flexibility index (Phi) is 5.77. The lowest BCUT2D eigenvalue weighted by Crippen LogP contribution is -2.15. The van der Waals surface area contributed by atoms with Crippen LogP contribution in [0, 0.1) is 5.82 Å². The van der Waals surface area contributed by atoms with Crippen molar-refractivity contribution in [2.24, 2.45) is 0 Å². The van der Waals surface area contributed by atoms with Crippen LogP contribution in [0.15, 0.2) is 53.7 Å². The number of tetrazole rings is 1. The summed E-state index contributed by atoms with van der Waals surface area (Å²) in [5.74, 6) is -0.817. The summed E-state index contributed by atoms with van der Waals surface area (Å²) in [5, 5.41) is 17.0. The molecular weight excluding hydrogens is 371 g/mol. The third-order valence-electron chi connectivity index (χ3n) is 3.29. The van der Waals surface area contributed by atoms with Gasteiger partial charge in [-0.3, -0.25) is 9.59 Å². The van der Waals surface area contributed by atoms with E-state index in [2.05, 4.69) is 26.2 Å². The van der Waals surface area contributed by atoms with Gasteiger partial charge >= 0.3 is 0 Å². The molecule has 3 rings (SSSR count). The standard InChI is InChI=1S/C17H15FN6O2S/c1-11(25)19-13-5-3-6-14(9-13)20-16(26)10-27-17-21-22-23-24(17)15-7-2-4-12(18)8-15/h2-9H,10H2,1H3,(H,19,25)(H,20,26). The van der Waals surface area contributed by atoms with Crippen molar-refractivity contribution >= 4 is 35.0 Å². The van der Waals surface area contributed by atoms with E-state index in [1.807, 2.05) is 0 Å². The van der Waals surface area contributed by atoms with Gasteiger partial charge in [-0.15, -0.1) is 5.10 Å². The van der Waals surface area contributed by atoms with Gasteiger partial charge in [-0.05, 0) is 46.8 Å². The molecular formula is C17H15FN6O2S. The fourth-order valence-electron chi connectivity index (χ4n) is 2.24. The topological polar surface area (TPSA) is 102 Å². The summed E-state index contributed by atoms with van der Waals surface area (Å²) < 4.78 is 14.7. The smallest absolute Gasteiger partial charge is 0.234 e. The highest BCUT2D eigenvalue weighted by Gasteiger charge is 2.12. The van der Waals surface area contributed by atoms with Crippen molar-refractivity contribution in [2.75, 3.05) is 16.4 Å². The molecule has 0 aliphatic heterocycles. The first kappa shape index (κ1) is 18.5. The lowest BCUT2D eigenvalue weighted by Gasteiger charge is -2.08. The molecule has 0 bridgehead atoms. The minimum atomic E-state index is -0.407. The number of aromatic nitrogens is 4. The summed E-state index contributed by atoms with van der Waals surface area (Å²) >= 11 is 1.12. The Labute approximate surface area is 158 Å². The maximum atomic E-state index is 13.4. The number of thioether (sulfide) groups is 1. The molecule has 2 aromatic carbocycles. The third-order valence-corrected chi connectivity index (χ3v) is 4.21. The molecule has 2 amide bonds. The molecule has 0 saturated heterocycles. The lowest BCUT2D eigenvalue weighted by atomic mass is 10.2. The minimum Gasteiger partial charge on any atom is -0.326 e. The second-order valence-electron chi connectivity index (χ2n) is 5.45. The summed E-state index contributed by atoms with van der Waals surface area (Å²) in [6.07, 6.45) is 0. The first-order chi connectivity index (χ1) is 13.0. The van der Waals surface area contributed by atoms with Gasteiger partial charge in [0.1, 0.15) is 5.82 Å². The summed E-state index contributed by atoms with van der Waals surface area (Å²) in [5.41, 5.74) is 1.60. The highest BCUT2D eigenvalue weighted by molar-refractivity contribution is 7.99.